The van der Waals surface area contributed by atoms with Gasteiger partial charge in [-0.1, -0.05) is 151 Å². The Balaban J connectivity index is 1.55. The van der Waals surface area contributed by atoms with Gasteiger partial charge in [-0.2, -0.15) is 0 Å². The summed E-state index contributed by atoms with van der Waals surface area (Å²) in [5.74, 6) is 0. The van der Waals surface area contributed by atoms with E-state index in [1.807, 2.05) is 0 Å². The molecular formula is C44H28O. The van der Waals surface area contributed by atoms with Gasteiger partial charge >= 0.3 is 0 Å². The van der Waals surface area contributed by atoms with Crippen molar-refractivity contribution in [3.63, 3.8) is 0 Å². The van der Waals surface area contributed by atoms with Crippen molar-refractivity contribution in [2.45, 2.75) is 0 Å². The smallest absolute Gasteiger partial charge is 0.136 e. The number of para-hydroxylation sites is 1. The molecule has 0 aliphatic carbocycles. The monoisotopic (exact) mass is 594 g/mol. The summed E-state index contributed by atoms with van der Waals surface area (Å²) in [6, 6.07) is -8.33. The van der Waals surface area contributed by atoms with Gasteiger partial charge in [-0.05, 0) is 84.3 Å². The Hall–Kier alpha value is -5.92. The van der Waals surface area contributed by atoms with E-state index in [-0.39, 0.29) is 33.2 Å². The summed E-state index contributed by atoms with van der Waals surface area (Å²) in [4.78, 5) is 0. The zero-order chi connectivity index (χ0) is 48.9. The molecule has 0 fully saturated rings. The van der Waals surface area contributed by atoms with Crippen LogP contribution in [0.2, 0.25) is 0 Å². The standard InChI is InChI=1S/C44H28O/c1-3-13-29(14-4-1)30-23-25-32(26-24-30)42-34-17-7-9-19-36(34)43(37-20-10-8-18-35(37)42)33-27-39(31-15-5-2-6-16-31)44-38-21-11-12-22-40(38)45-41(44)28-33/h1-28H/i1D,2D,3D,4D,5D,6D,7D,8D,9D,10D,13D,14D,15D,16D,17D,18D,19D,20D,23D,24D,25D,26D. The highest BCUT2D eigenvalue weighted by atomic mass is 16.3. The highest BCUT2D eigenvalue weighted by Crippen LogP contribution is 2.46. The van der Waals surface area contributed by atoms with Crippen molar-refractivity contribution in [3.05, 3.63) is 169 Å². The van der Waals surface area contributed by atoms with E-state index in [1.54, 1.807) is 24.3 Å². The van der Waals surface area contributed by atoms with E-state index < -0.39 is 177 Å². The molecule has 0 saturated carbocycles. The summed E-state index contributed by atoms with van der Waals surface area (Å²) in [6.45, 7) is 0. The second-order valence-corrected chi connectivity index (χ2v) is 10.00. The van der Waals surface area contributed by atoms with Crippen LogP contribution >= 0.6 is 0 Å². The molecule has 1 aromatic heterocycles. The summed E-state index contributed by atoms with van der Waals surface area (Å²) in [5.41, 5.74) is -2.99. The molecule has 9 aromatic rings. The van der Waals surface area contributed by atoms with Crippen LogP contribution in [0.3, 0.4) is 0 Å². The summed E-state index contributed by atoms with van der Waals surface area (Å²) >= 11 is 0. The molecule has 0 spiro atoms. The molecular weight excluding hydrogens is 544 g/mol. The third-order valence-electron chi connectivity index (χ3n) is 7.54. The maximum atomic E-state index is 9.43. The first-order chi connectivity index (χ1) is 31.5. The summed E-state index contributed by atoms with van der Waals surface area (Å²) < 4.78 is 201. The molecule has 9 rings (SSSR count). The normalized spacial score (nSPS) is 18.4. The number of benzene rings is 8. The maximum absolute atomic E-state index is 9.43. The molecule has 1 nitrogen and oxygen atoms in total. The van der Waals surface area contributed by atoms with Gasteiger partial charge in [0.1, 0.15) is 11.2 Å². The van der Waals surface area contributed by atoms with Crippen LogP contribution in [0.4, 0.5) is 0 Å². The lowest BCUT2D eigenvalue weighted by atomic mass is 9.84. The van der Waals surface area contributed by atoms with Gasteiger partial charge in [-0.25, -0.2) is 0 Å². The lowest BCUT2D eigenvalue weighted by Crippen LogP contribution is -1.92. The molecule has 0 radical (unpaired) electrons. The molecule has 1 heterocycles. The van der Waals surface area contributed by atoms with Crippen molar-refractivity contribution in [1.82, 2.24) is 0 Å². The van der Waals surface area contributed by atoms with Crippen LogP contribution < -0.4 is 0 Å². The van der Waals surface area contributed by atoms with Crippen LogP contribution in [0.25, 0.3) is 88.0 Å². The van der Waals surface area contributed by atoms with Crippen molar-refractivity contribution in [2.24, 2.45) is 0 Å². The van der Waals surface area contributed by atoms with Crippen molar-refractivity contribution >= 4 is 43.5 Å². The Morgan fingerprint density at radius 1 is 0.378 bits per heavy atom. The van der Waals surface area contributed by atoms with Crippen LogP contribution in [0, 0.1) is 0 Å². The van der Waals surface area contributed by atoms with Gasteiger partial charge in [0, 0.05) is 10.8 Å². The molecule has 0 amide bonds. The van der Waals surface area contributed by atoms with Crippen molar-refractivity contribution in [3.8, 4) is 44.5 Å². The van der Waals surface area contributed by atoms with Crippen LogP contribution in [-0.2, 0) is 0 Å². The number of hydrogen-bond donors (Lipinski definition) is 0. The Bertz CT molecular complexity index is 3610. The number of hydrogen-bond acceptors (Lipinski definition) is 1. The fourth-order valence-electron chi connectivity index (χ4n) is 5.68. The Morgan fingerprint density at radius 3 is 1.49 bits per heavy atom. The first-order valence-corrected chi connectivity index (χ1v) is 13.6. The molecule has 210 valence electrons. The van der Waals surface area contributed by atoms with Crippen molar-refractivity contribution in [2.75, 3.05) is 0 Å². The van der Waals surface area contributed by atoms with Crippen molar-refractivity contribution in [1.29, 1.82) is 0 Å². The van der Waals surface area contributed by atoms with E-state index in [1.165, 1.54) is 12.1 Å². The minimum atomic E-state index is -0.954. The third kappa shape index (κ3) is 4.17. The minimum absolute atomic E-state index is 0.00989. The second-order valence-electron chi connectivity index (χ2n) is 10.00. The first kappa shape index (κ1) is 11.9. The second kappa shape index (κ2) is 10.4. The van der Waals surface area contributed by atoms with Crippen molar-refractivity contribution < 1.29 is 34.6 Å². The molecule has 0 unspecified atom stereocenters. The van der Waals surface area contributed by atoms with Crippen LogP contribution in [-0.4, -0.2) is 0 Å². The third-order valence-corrected chi connectivity index (χ3v) is 7.54. The Labute approximate surface area is 292 Å². The predicted molar refractivity (Wildman–Crippen MR) is 190 cm³/mol. The van der Waals surface area contributed by atoms with Gasteiger partial charge in [-0.15, -0.1) is 0 Å². The minimum Gasteiger partial charge on any atom is -0.456 e. The lowest BCUT2D eigenvalue weighted by Gasteiger charge is -2.18. The molecule has 45 heavy (non-hydrogen) atoms. The molecule has 0 aliphatic heterocycles. The number of rotatable bonds is 4. The highest BCUT2D eigenvalue weighted by Gasteiger charge is 2.20. The van der Waals surface area contributed by atoms with Crippen LogP contribution in [0.5, 0.6) is 0 Å². The highest BCUT2D eigenvalue weighted by molar-refractivity contribution is 6.23. The molecule has 1 heteroatoms. The fraction of sp³-hybridized carbons (Fsp3) is 0. The van der Waals surface area contributed by atoms with Gasteiger partial charge < -0.3 is 4.42 Å². The largest absolute Gasteiger partial charge is 0.456 e. The lowest BCUT2D eigenvalue weighted by molar-refractivity contribution is 0.669. The Morgan fingerprint density at radius 2 is 0.867 bits per heavy atom. The van der Waals surface area contributed by atoms with Gasteiger partial charge in [0.2, 0.25) is 0 Å². The molecule has 0 saturated heterocycles. The SMILES string of the molecule is [2H]c1c([2H])c([2H])c(-c2c([2H])c([2H])c(-c3c4c([2H])c([2H])c([2H])c([2H])c4c(-c4cc(-c5c([2H])c([2H])c([2H])c([2H])c5[2H])c5c(c4)oc4ccccc45)c4c([2H])c([2H])c([2H])c([2H])c34)c([2H])c2[2H])c([2H])c1[2H]. The average molecular weight is 595 g/mol. The van der Waals surface area contributed by atoms with Gasteiger partial charge in [0.25, 0.3) is 0 Å². The fourth-order valence-corrected chi connectivity index (χ4v) is 5.68. The zero-order valence-electron chi connectivity index (χ0n) is 44.9. The van der Waals surface area contributed by atoms with E-state index >= 15 is 0 Å². The molecule has 8 aromatic carbocycles. The van der Waals surface area contributed by atoms with Gasteiger partial charge in [0.05, 0.1) is 30.2 Å². The average Bonchev–Trinajstić information content (AvgIpc) is 3.69. The quantitative estimate of drug-likeness (QED) is 0.185. The molecule has 0 N–H and O–H groups in total. The zero-order valence-corrected chi connectivity index (χ0v) is 22.9. The molecule has 0 atom stereocenters. The summed E-state index contributed by atoms with van der Waals surface area (Å²) in [6.07, 6.45) is 0. The Kier molecular flexibility index (Phi) is 2.73. The van der Waals surface area contributed by atoms with Crippen LogP contribution in [0.15, 0.2) is 174 Å². The van der Waals surface area contributed by atoms with E-state index in [4.69, 9.17) is 23.6 Å². The van der Waals surface area contributed by atoms with E-state index in [2.05, 4.69) is 0 Å². The molecule has 0 bridgehead atoms. The predicted octanol–water partition coefficient (Wildman–Crippen LogP) is 12.6. The van der Waals surface area contributed by atoms with Gasteiger partial charge in [-0.3, -0.25) is 0 Å². The van der Waals surface area contributed by atoms with Gasteiger partial charge in [0.15, 0.2) is 0 Å². The first-order valence-electron chi connectivity index (χ1n) is 24.6. The van der Waals surface area contributed by atoms with E-state index in [9.17, 15) is 11.0 Å². The van der Waals surface area contributed by atoms with Crippen LogP contribution in [0.1, 0.15) is 30.2 Å². The summed E-state index contributed by atoms with van der Waals surface area (Å²) in [7, 11) is 0. The summed E-state index contributed by atoms with van der Waals surface area (Å²) in [5, 5.41) is -1.20. The number of furan rings is 1. The van der Waals surface area contributed by atoms with E-state index in [0.717, 1.165) is 0 Å². The number of fused-ring (bicyclic) bond motifs is 5. The molecule has 0 aliphatic rings. The topological polar surface area (TPSA) is 13.1 Å². The maximum Gasteiger partial charge on any atom is 0.136 e. The van der Waals surface area contributed by atoms with E-state index in [0.29, 0.717) is 11.0 Å².